The number of aryl methyl sites for hydroxylation is 2. The van der Waals surface area contributed by atoms with Gasteiger partial charge in [-0.25, -0.2) is 0 Å². The first-order chi connectivity index (χ1) is 10.0. The van der Waals surface area contributed by atoms with Crippen molar-refractivity contribution in [1.82, 2.24) is 20.3 Å². The van der Waals surface area contributed by atoms with Crippen LogP contribution >= 0.6 is 11.6 Å². The summed E-state index contributed by atoms with van der Waals surface area (Å²) >= 11 is 6.08. The van der Waals surface area contributed by atoms with Crippen LogP contribution in [0.5, 0.6) is 0 Å². The molecule has 7 heteroatoms. The molecule has 0 fully saturated rings. The Balaban J connectivity index is 1.87. The summed E-state index contributed by atoms with van der Waals surface area (Å²) in [5, 5.41) is 11.5. The molecule has 6 nitrogen and oxygen atoms in total. The molecule has 114 valence electrons. The summed E-state index contributed by atoms with van der Waals surface area (Å²) in [6.07, 6.45) is 1.74. The summed E-state index contributed by atoms with van der Waals surface area (Å²) in [5.74, 6) is 0.488. The Morgan fingerprint density at radius 2 is 2.24 bits per heavy atom. The highest BCUT2D eigenvalue weighted by atomic mass is 35.5. The van der Waals surface area contributed by atoms with Crippen LogP contribution in [0.3, 0.4) is 0 Å². The van der Waals surface area contributed by atoms with E-state index in [9.17, 15) is 4.79 Å². The van der Waals surface area contributed by atoms with Crippen LogP contribution in [0.4, 0.5) is 0 Å². The van der Waals surface area contributed by atoms with E-state index >= 15 is 0 Å². The normalized spacial score (nSPS) is 10.9. The van der Waals surface area contributed by atoms with Crippen LogP contribution in [0, 0.1) is 13.8 Å². The first-order valence-electron chi connectivity index (χ1n) is 6.96. The van der Waals surface area contributed by atoms with Crippen molar-refractivity contribution in [2.45, 2.75) is 40.2 Å². The van der Waals surface area contributed by atoms with E-state index in [0.717, 1.165) is 30.0 Å². The van der Waals surface area contributed by atoms with Gasteiger partial charge in [-0.2, -0.15) is 5.10 Å². The lowest BCUT2D eigenvalue weighted by molar-refractivity contribution is 0.0942. The summed E-state index contributed by atoms with van der Waals surface area (Å²) in [6, 6.07) is 1.68. The van der Waals surface area contributed by atoms with E-state index in [2.05, 4.69) is 15.6 Å². The molecule has 0 radical (unpaired) electrons. The Labute approximate surface area is 128 Å². The zero-order chi connectivity index (χ0) is 15.4. The minimum atomic E-state index is -0.242. The number of amides is 1. The van der Waals surface area contributed by atoms with Gasteiger partial charge in [-0.15, -0.1) is 0 Å². The minimum Gasteiger partial charge on any atom is -0.361 e. The SMILES string of the molecule is CCCc1cc(C(=O)NCCn2nc(C)c(Cl)c2C)no1. The van der Waals surface area contributed by atoms with Gasteiger partial charge in [-0.05, 0) is 20.3 Å². The summed E-state index contributed by atoms with van der Waals surface area (Å²) in [5.41, 5.74) is 2.00. The number of nitrogens with zero attached hydrogens (tertiary/aromatic N) is 3. The van der Waals surface area contributed by atoms with E-state index in [1.165, 1.54) is 0 Å². The van der Waals surface area contributed by atoms with Crippen molar-refractivity contribution in [2.75, 3.05) is 6.54 Å². The maximum Gasteiger partial charge on any atom is 0.273 e. The molecule has 2 heterocycles. The van der Waals surface area contributed by atoms with Gasteiger partial charge >= 0.3 is 0 Å². The summed E-state index contributed by atoms with van der Waals surface area (Å²) in [6.45, 7) is 6.81. The van der Waals surface area contributed by atoms with Gasteiger partial charge in [0.2, 0.25) is 0 Å². The van der Waals surface area contributed by atoms with Gasteiger partial charge in [0, 0.05) is 19.0 Å². The van der Waals surface area contributed by atoms with Gasteiger partial charge < -0.3 is 9.84 Å². The van der Waals surface area contributed by atoms with Crippen LogP contribution in [0.25, 0.3) is 0 Å². The first-order valence-corrected chi connectivity index (χ1v) is 7.34. The van der Waals surface area contributed by atoms with Gasteiger partial charge in [0.15, 0.2) is 5.69 Å². The zero-order valence-corrected chi connectivity index (χ0v) is 13.2. The monoisotopic (exact) mass is 310 g/mol. The number of carbonyl (C=O) groups is 1. The third-order valence-electron chi connectivity index (χ3n) is 3.19. The van der Waals surface area contributed by atoms with Crippen LogP contribution in [0.1, 0.15) is 41.0 Å². The van der Waals surface area contributed by atoms with Crippen LogP contribution < -0.4 is 5.32 Å². The Morgan fingerprint density at radius 3 is 2.86 bits per heavy atom. The molecule has 0 unspecified atom stereocenters. The molecule has 0 aliphatic rings. The number of aromatic nitrogens is 3. The van der Waals surface area contributed by atoms with Gasteiger partial charge in [-0.1, -0.05) is 23.7 Å². The van der Waals surface area contributed by atoms with Crippen molar-refractivity contribution in [3.8, 4) is 0 Å². The highest BCUT2D eigenvalue weighted by molar-refractivity contribution is 6.31. The molecule has 0 bridgehead atoms. The lowest BCUT2D eigenvalue weighted by atomic mass is 10.2. The molecule has 0 aliphatic carbocycles. The second-order valence-corrected chi connectivity index (χ2v) is 5.27. The first kappa shape index (κ1) is 15.6. The molecule has 1 amide bonds. The van der Waals surface area contributed by atoms with Gasteiger partial charge in [-0.3, -0.25) is 9.48 Å². The van der Waals surface area contributed by atoms with Gasteiger partial charge in [0.05, 0.1) is 23.0 Å². The van der Waals surface area contributed by atoms with Crippen LogP contribution in [0.2, 0.25) is 5.02 Å². The molecule has 0 aromatic carbocycles. The Morgan fingerprint density at radius 1 is 1.48 bits per heavy atom. The summed E-state index contributed by atoms with van der Waals surface area (Å²) < 4.78 is 6.86. The van der Waals surface area contributed by atoms with Crippen molar-refractivity contribution in [2.24, 2.45) is 0 Å². The van der Waals surface area contributed by atoms with Crippen LogP contribution in [-0.2, 0) is 13.0 Å². The number of hydrogen-bond donors (Lipinski definition) is 1. The topological polar surface area (TPSA) is 73.0 Å². The fraction of sp³-hybridized carbons (Fsp3) is 0.500. The molecule has 1 N–H and O–H groups in total. The van der Waals surface area contributed by atoms with Gasteiger partial charge in [0.1, 0.15) is 5.76 Å². The highest BCUT2D eigenvalue weighted by Crippen LogP contribution is 2.18. The average Bonchev–Trinajstić information content (AvgIpc) is 3.01. The maximum absolute atomic E-state index is 11.9. The molecule has 2 rings (SSSR count). The molecule has 2 aromatic heterocycles. The van der Waals surface area contributed by atoms with Crippen molar-refractivity contribution < 1.29 is 9.32 Å². The lowest BCUT2D eigenvalue weighted by Gasteiger charge is -2.05. The predicted molar refractivity (Wildman–Crippen MR) is 79.5 cm³/mol. The molecule has 21 heavy (non-hydrogen) atoms. The average molecular weight is 311 g/mol. The molecule has 0 spiro atoms. The molecular formula is C14H19ClN4O2. The molecule has 0 atom stereocenters. The smallest absolute Gasteiger partial charge is 0.273 e. The third-order valence-corrected chi connectivity index (χ3v) is 3.74. The standard InChI is InChI=1S/C14H19ClN4O2/c1-4-5-11-8-12(18-21-11)14(20)16-6-7-19-10(3)13(15)9(2)17-19/h8H,4-7H2,1-3H3,(H,16,20). The Bertz CT molecular complexity index is 633. The van der Waals surface area contributed by atoms with E-state index in [4.69, 9.17) is 16.1 Å². The van der Waals surface area contributed by atoms with E-state index in [1.807, 2.05) is 20.8 Å². The van der Waals surface area contributed by atoms with Crippen molar-refractivity contribution >= 4 is 17.5 Å². The van der Waals surface area contributed by atoms with E-state index < -0.39 is 0 Å². The summed E-state index contributed by atoms with van der Waals surface area (Å²) in [7, 11) is 0. The Hall–Kier alpha value is -1.82. The quantitative estimate of drug-likeness (QED) is 0.890. The number of nitrogens with one attached hydrogen (secondary N) is 1. The van der Waals surface area contributed by atoms with E-state index in [-0.39, 0.29) is 5.91 Å². The highest BCUT2D eigenvalue weighted by Gasteiger charge is 2.13. The van der Waals surface area contributed by atoms with Crippen molar-refractivity contribution in [3.63, 3.8) is 0 Å². The predicted octanol–water partition coefficient (Wildman–Crippen LogP) is 2.52. The zero-order valence-electron chi connectivity index (χ0n) is 12.4. The molecule has 2 aromatic rings. The van der Waals surface area contributed by atoms with Crippen molar-refractivity contribution in [3.05, 3.63) is 33.9 Å². The molecular weight excluding hydrogens is 292 g/mol. The number of rotatable bonds is 6. The molecule has 0 aliphatic heterocycles. The van der Waals surface area contributed by atoms with Crippen LogP contribution in [0.15, 0.2) is 10.6 Å². The lowest BCUT2D eigenvalue weighted by Crippen LogP contribution is -2.28. The molecule has 0 saturated carbocycles. The van der Waals surface area contributed by atoms with Gasteiger partial charge in [0.25, 0.3) is 5.91 Å². The third kappa shape index (κ3) is 3.64. The van der Waals surface area contributed by atoms with E-state index in [0.29, 0.717) is 23.8 Å². The largest absolute Gasteiger partial charge is 0.361 e. The second kappa shape index (κ2) is 6.76. The number of hydrogen-bond acceptors (Lipinski definition) is 4. The minimum absolute atomic E-state index is 0.242. The fourth-order valence-electron chi connectivity index (χ4n) is 2.04. The molecule has 0 saturated heterocycles. The number of halogens is 1. The maximum atomic E-state index is 11.9. The fourth-order valence-corrected chi connectivity index (χ4v) is 2.18. The van der Waals surface area contributed by atoms with Crippen LogP contribution in [-0.4, -0.2) is 27.4 Å². The Kier molecular flexibility index (Phi) is 5.01. The summed E-state index contributed by atoms with van der Waals surface area (Å²) in [4.78, 5) is 11.9. The second-order valence-electron chi connectivity index (χ2n) is 4.89. The number of carbonyl (C=O) groups excluding carboxylic acids is 1. The van der Waals surface area contributed by atoms with Crippen molar-refractivity contribution in [1.29, 1.82) is 0 Å². The van der Waals surface area contributed by atoms with E-state index in [1.54, 1.807) is 10.7 Å².